The molecule has 1 aromatic carbocycles. The number of hydrogen-bond donors (Lipinski definition) is 0. The molecule has 1 atom stereocenters. The molecular weight excluding hydrogens is 238 g/mol. The van der Waals surface area contributed by atoms with Crippen molar-refractivity contribution in [1.29, 1.82) is 0 Å². The molecule has 2 aromatic rings. The smallest absolute Gasteiger partial charge is 0.189 e. The van der Waals surface area contributed by atoms with Crippen molar-refractivity contribution >= 4 is 11.6 Å². The summed E-state index contributed by atoms with van der Waals surface area (Å²) in [5.41, 5.74) is 2.36. The van der Waals surface area contributed by atoms with E-state index >= 15 is 0 Å². The lowest BCUT2D eigenvalue weighted by molar-refractivity contribution is -0.119. The number of carbonyl (C=O) groups excluding carboxylic acids is 2. The van der Waals surface area contributed by atoms with Crippen molar-refractivity contribution in [1.82, 2.24) is 4.98 Å². The molecule has 0 amide bonds. The summed E-state index contributed by atoms with van der Waals surface area (Å²) >= 11 is 0. The third-order valence-electron chi connectivity index (χ3n) is 3.48. The van der Waals surface area contributed by atoms with Crippen LogP contribution in [0, 0.1) is 0 Å². The molecule has 1 aliphatic carbocycles. The van der Waals surface area contributed by atoms with Gasteiger partial charge in [0.05, 0.1) is 5.92 Å². The normalized spacial score (nSPS) is 17.9. The molecule has 0 N–H and O–H groups in total. The van der Waals surface area contributed by atoms with Gasteiger partial charge in [0.1, 0.15) is 11.5 Å². The van der Waals surface area contributed by atoms with Crippen LogP contribution in [0.5, 0.6) is 0 Å². The molecule has 3 heteroatoms. The predicted molar refractivity (Wildman–Crippen MR) is 71.1 cm³/mol. The first kappa shape index (κ1) is 11.8. The number of aromatic nitrogens is 1. The molecule has 0 saturated heterocycles. The van der Waals surface area contributed by atoms with Crippen LogP contribution in [0.4, 0.5) is 0 Å². The van der Waals surface area contributed by atoms with Crippen LogP contribution in [0.3, 0.4) is 0 Å². The fraction of sp³-hybridized carbons (Fsp3) is 0.188. The van der Waals surface area contributed by atoms with Gasteiger partial charge in [-0.25, -0.2) is 0 Å². The molecule has 1 aliphatic rings. The predicted octanol–water partition coefficient (Wildman–Crippen LogP) is 2.56. The van der Waals surface area contributed by atoms with Gasteiger partial charge in [0.25, 0.3) is 0 Å². The summed E-state index contributed by atoms with van der Waals surface area (Å²) in [6.45, 7) is 0. The lowest BCUT2D eigenvalue weighted by Gasteiger charge is -2.23. The van der Waals surface area contributed by atoms with E-state index in [4.69, 9.17) is 0 Å². The van der Waals surface area contributed by atoms with Gasteiger partial charge in [-0.15, -0.1) is 0 Å². The van der Waals surface area contributed by atoms with Crippen molar-refractivity contribution in [2.45, 2.75) is 18.8 Å². The van der Waals surface area contributed by atoms with Crippen molar-refractivity contribution < 1.29 is 9.59 Å². The molecule has 0 fully saturated rings. The van der Waals surface area contributed by atoms with Gasteiger partial charge >= 0.3 is 0 Å². The number of rotatable bonds is 2. The summed E-state index contributed by atoms with van der Waals surface area (Å²) in [5.74, 6) is -0.332. The SMILES string of the molecule is O=C1Cc2ccccc2C(C(=O)c2ccccn2)C1. The number of benzene rings is 1. The lowest BCUT2D eigenvalue weighted by Crippen LogP contribution is -2.24. The molecular formula is C16H13NO2. The highest BCUT2D eigenvalue weighted by Crippen LogP contribution is 2.32. The monoisotopic (exact) mass is 251 g/mol. The van der Waals surface area contributed by atoms with Crippen LogP contribution >= 0.6 is 0 Å². The number of fused-ring (bicyclic) bond motifs is 1. The number of hydrogen-bond acceptors (Lipinski definition) is 3. The van der Waals surface area contributed by atoms with Crippen LogP contribution in [-0.4, -0.2) is 16.6 Å². The fourth-order valence-corrected chi connectivity index (χ4v) is 2.58. The zero-order valence-electron chi connectivity index (χ0n) is 10.4. The molecule has 1 unspecified atom stereocenters. The van der Waals surface area contributed by atoms with Crippen LogP contribution in [-0.2, 0) is 11.2 Å². The molecule has 0 radical (unpaired) electrons. The highest BCUT2D eigenvalue weighted by molar-refractivity contribution is 6.03. The molecule has 1 heterocycles. The Kier molecular flexibility index (Phi) is 2.95. The number of nitrogens with zero attached hydrogens (tertiary/aromatic N) is 1. The third kappa shape index (κ3) is 2.19. The van der Waals surface area contributed by atoms with E-state index in [0.29, 0.717) is 12.1 Å². The Morgan fingerprint density at radius 3 is 2.68 bits per heavy atom. The molecule has 0 saturated carbocycles. The first-order valence-corrected chi connectivity index (χ1v) is 6.30. The second-order valence-corrected chi connectivity index (χ2v) is 4.75. The molecule has 0 aliphatic heterocycles. The Hall–Kier alpha value is -2.29. The standard InChI is InChI=1S/C16H13NO2/c18-12-9-11-5-1-2-6-13(11)14(10-12)16(19)15-7-3-4-8-17-15/h1-8,14H,9-10H2. The van der Waals surface area contributed by atoms with Gasteiger partial charge < -0.3 is 0 Å². The largest absolute Gasteiger partial charge is 0.299 e. The minimum atomic E-state index is -0.382. The summed E-state index contributed by atoms with van der Waals surface area (Å²) < 4.78 is 0. The molecule has 0 bridgehead atoms. The van der Waals surface area contributed by atoms with E-state index in [2.05, 4.69) is 4.98 Å². The molecule has 3 nitrogen and oxygen atoms in total. The van der Waals surface area contributed by atoms with E-state index in [0.717, 1.165) is 11.1 Å². The van der Waals surface area contributed by atoms with Crippen molar-refractivity contribution in [3.63, 3.8) is 0 Å². The van der Waals surface area contributed by atoms with Crippen molar-refractivity contribution in [3.05, 3.63) is 65.5 Å². The first-order valence-electron chi connectivity index (χ1n) is 6.30. The zero-order chi connectivity index (χ0) is 13.2. The van der Waals surface area contributed by atoms with Crippen LogP contribution in [0.2, 0.25) is 0 Å². The van der Waals surface area contributed by atoms with E-state index in [1.807, 2.05) is 24.3 Å². The molecule has 1 aromatic heterocycles. The summed E-state index contributed by atoms with van der Waals surface area (Å²) in [6, 6.07) is 12.9. The lowest BCUT2D eigenvalue weighted by atomic mass is 9.79. The van der Waals surface area contributed by atoms with Crippen molar-refractivity contribution in [3.8, 4) is 0 Å². The van der Waals surface area contributed by atoms with E-state index in [9.17, 15) is 9.59 Å². The Balaban J connectivity index is 2.02. The van der Waals surface area contributed by atoms with Gasteiger partial charge in [-0.2, -0.15) is 0 Å². The summed E-state index contributed by atoms with van der Waals surface area (Å²) in [4.78, 5) is 28.4. The summed E-state index contributed by atoms with van der Waals surface area (Å²) in [6.07, 6.45) is 2.32. The highest BCUT2D eigenvalue weighted by atomic mass is 16.1. The molecule has 19 heavy (non-hydrogen) atoms. The molecule has 3 rings (SSSR count). The van der Waals surface area contributed by atoms with Gasteiger partial charge in [0.2, 0.25) is 0 Å². The van der Waals surface area contributed by atoms with Gasteiger partial charge in [0, 0.05) is 19.0 Å². The quantitative estimate of drug-likeness (QED) is 0.771. The van der Waals surface area contributed by atoms with Crippen LogP contribution in [0.15, 0.2) is 48.7 Å². The highest BCUT2D eigenvalue weighted by Gasteiger charge is 2.31. The Labute approximate surface area is 111 Å². The summed E-state index contributed by atoms with van der Waals surface area (Å²) in [7, 11) is 0. The minimum absolute atomic E-state index is 0.0684. The molecule has 0 spiro atoms. The second kappa shape index (κ2) is 4.76. The van der Waals surface area contributed by atoms with Gasteiger partial charge in [-0.1, -0.05) is 30.3 Å². The number of ketones is 2. The third-order valence-corrected chi connectivity index (χ3v) is 3.48. The Bertz CT molecular complexity index is 634. The zero-order valence-corrected chi connectivity index (χ0v) is 10.4. The average Bonchev–Trinajstić information content (AvgIpc) is 2.46. The van der Waals surface area contributed by atoms with Crippen LogP contribution in [0.25, 0.3) is 0 Å². The van der Waals surface area contributed by atoms with Crippen molar-refractivity contribution in [2.24, 2.45) is 0 Å². The van der Waals surface area contributed by atoms with E-state index in [-0.39, 0.29) is 23.9 Å². The molecule has 94 valence electrons. The summed E-state index contributed by atoms with van der Waals surface area (Å²) in [5, 5.41) is 0. The number of carbonyl (C=O) groups is 2. The Morgan fingerprint density at radius 2 is 1.89 bits per heavy atom. The van der Waals surface area contributed by atoms with Crippen LogP contribution < -0.4 is 0 Å². The maximum Gasteiger partial charge on any atom is 0.189 e. The van der Waals surface area contributed by atoms with Crippen molar-refractivity contribution in [2.75, 3.05) is 0 Å². The van der Waals surface area contributed by atoms with Gasteiger partial charge in [-0.3, -0.25) is 14.6 Å². The Morgan fingerprint density at radius 1 is 1.11 bits per heavy atom. The van der Waals surface area contributed by atoms with E-state index in [1.165, 1.54) is 0 Å². The van der Waals surface area contributed by atoms with Gasteiger partial charge in [-0.05, 0) is 23.3 Å². The maximum absolute atomic E-state index is 12.5. The average molecular weight is 251 g/mol. The van der Waals surface area contributed by atoms with Crippen LogP contribution in [0.1, 0.15) is 34.0 Å². The maximum atomic E-state index is 12.5. The minimum Gasteiger partial charge on any atom is -0.299 e. The second-order valence-electron chi connectivity index (χ2n) is 4.75. The number of pyridine rings is 1. The number of Topliss-reactive ketones (excluding diaryl/α,β-unsaturated/α-hetero) is 2. The first-order chi connectivity index (χ1) is 9.25. The topological polar surface area (TPSA) is 47.0 Å². The van der Waals surface area contributed by atoms with E-state index < -0.39 is 0 Å². The van der Waals surface area contributed by atoms with E-state index in [1.54, 1.807) is 24.4 Å². The van der Waals surface area contributed by atoms with Gasteiger partial charge in [0.15, 0.2) is 5.78 Å². The fourth-order valence-electron chi connectivity index (χ4n) is 2.58.